The van der Waals surface area contributed by atoms with Crippen LogP contribution in [-0.4, -0.2) is 27.5 Å². The van der Waals surface area contributed by atoms with Crippen molar-refractivity contribution in [3.8, 4) is 0 Å². The summed E-state index contributed by atoms with van der Waals surface area (Å²) in [5.74, 6) is 3.00. The molecular formula is C10H12BrN3O2S. The van der Waals surface area contributed by atoms with Crippen molar-refractivity contribution in [2.24, 2.45) is 0 Å². The van der Waals surface area contributed by atoms with E-state index >= 15 is 0 Å². The number of anilines is 1. The van der Waals surface area contributed by atoms with Gasteiger partial charge < -0.3 is 5.32 Å². The summed E-state index contributed by atoms with van der Waals surface area (Å²) in [4.78, 5) is 14.2. The minimum absolute atomic E-state index is 0.00150. The second-order valence-corrected chi connectivity index (χ2v) is 5.89. The van der Waals surface area contributed by atoms with Crippen LogP contribution in [0.5, 0.6) is 0 Å². The zero-order chi connectivity index (χ0) is 12.3. The molecule has 1 aliphatic rings. The Bertz CT molecular complexity index is 424. The molecule has 0 amide bonds. The highest BCUT2D eigenvalue weighted by Crippen LogP contribution is 2.27. The molecule has 1 N–H and O–H groups in total. The number of hydrogen-bond acceptors (Lipinski definition) is 5. The van der Waals surface area contributed by atoms with Crippen LogP contribution in [0.1, 0.15) is 12.8 Å². The zero-order valence-electron chi connectivity index (χ0n) is 9.06. The van der Waals surface area contributed by atoms with E-state index in [9.17, 15) is 10.1 Å². The van der Waals surface area contributed by atoms with Crippen molar-refractivity contribution in [2.45, 2.75) is 18.9 Å². The van der Waals surface area contributed by atoms with E-state index in [-0.39, 0.29) is 5.69 Å². The highest BCUT2D eigenvalue weighted by molar-refractivity contribution is 9.10. The number of nitro groups is 1. The highest BCUT2D eigenvalue weighted by atomic mass is 79.9. The van der Waals surface area contributed by atoms with Crippen LogP contribution in [0.2, 0.25) is 0 Å². The van der Waals surface area contributed by atoms with Gasteiger partial charge in [-0.05, 0) is 40.3 Å². The van der Waals surface area contributed by atoms with Gasteiger partial charge >= 0.3 is 0 Å². The van der Waals surface area contributed by atoms with E-state index in [4.69, 9.17) is 0 Å². The van der Waals surface area contributed by atoms with Gasteiger partial charge in [-0.25, -0.2) is 4.98 Å². The Morgan fingerprint density at radius 2 is 2.24 bits per heavy atom. The van der Waals surface area contributed by atoms with E-state index < -0.39 is 4.92 Å². The fourth-order valence-corrected chi connectivity index (χ4v) is 3.23. The summed E-state index contributed by atoms with van der Waals surface area (Å²) in [5.41, 5.74) is 0.00150. The van der Waals surface area contributed by atoms with Gasteiger partial charge in [-0.2, -0.15) is 11.8 Å². The lowest BCUT2D eigenvalue weighted by atomic mass is 10.1. The minimum Gasteiger partial charge on any atom is -0.366 e. The number of rotatable bonds is 3. The number of nitrogens with one attached hydrogen (secondary N) is 1. The molecule has 17 heavy (non-hydrogen) atoms. The normalized spacial score (nSPS) is 16.8. The lowest BCUT2D eigenvalue weighted by Gasteiger charge is -2.23. The topological polar surface area (TPSA) is 68.1 Å². The van der Waals surface area contributed by atoms with Crippen molar-refractivity contribution in [2.75, 3.05) is 16.8 Å². The Labute approximate surface area is 112 Å². The fourth-order valence-electron chi connectivity index (χ4n) is 1.67. The van der Waals surface area contributed by atoms with Gasteiger partial charge in [-0.1, -0.05) is 0 Å². The maximum absolute atomic E-state index is 10.6. The van der Waals surface area contributed by atoms with Crippen molar-refractivity contribution >= 4 is 39.2 Å². The van der Waals surface area contributed by atoms with Crippen LogP contribution in [0.25, 0.3) is 0 Å². The molecule has 0 radical (unpaired) electrons. The van der Waals surface area contributed by atoms with Crippen molar-refractivity contribution in [3.63, 3.8) is 0 Å². The summed E-state index contributed by atoms with van der Waals surface area (Å²) in [6.45, 7) is 0. The first-order chi connectivity index (χ1) is 8.16. The molecule has 0 aromatic carbocycles. The van der Waals surface area contributed by atoms with E-state index in [1.54, 1.807) is 0 Å². The molecule has 7 heteroatoms. The smallest absolute Gasteiger partial charge is 0.288 e. The Hall–Kier alpha value is -0.820. The average Bonchev–Trinajstić information content (AvgIpc) is 2.33. The molecule has 1 saturated heterocycles. The number of nitrogens with zero attached hydrogens (tertiary/aromatic N) is 2. The summed E-state index contributed by atoms with van der Waals surface area (Å²) >= 11 is 5.27. The van der Waals surface area contributed by atoms with Crippen LogP contribution in [-0.2, 0) is 0 Å². The molecule has 0 bridgehead atoms. The maximum Gasteiger partial charge on any atom is 0.288 e. The highest BCUT2D eigenvalue weighted by Gasteiger charge is 2.16. The molecule has 0 saturated carbocycles. The molecular weight excluding hydrogens is 306 g/mol. The number of pyridine rings is 1. The maximum atomic E-state index is 10.6. The van der Waals surface area contributed by atoms with E-state index in [2.05, 4.69) is 26.2 Å². The zero-order valence-corrected chi connectivity index (χ0v) is 11.5. The van der Waals surface area contributed by atoms with Gasteiger partial charge in [-0.15, -0.1) is 0 Å². The molecule has 2 rings (SSSR count). The van der Waals surface area contributed by atoms with E-state index in [1.165, 1.54) is 12.3 Å². The fraction of sp³-hybridized carbons (Fsp3) is 0.500. The summed E-state index contributed by atoms with van der Waals surface area (Å²) in [7, 11) is 0. The first kappa shape index (κ1) is 12.6. The van der Waals surface area contributed by atoms with Gasteiger partial charge in [-0.3, -0.25) is 10.1 Å². The van der Waals surface area contributed by atoms with Gasteiger partial charge in [0.05, 0.1) is 9.40 Å². The van der Waals surface area contributed by atoms with Crippen LogP contribution < -0.4 is 5.32 Å². The molecule has 5 nitrogen and oxygen atoms in total. The molecule has 1 fully saturated rings. The first-order valence-electron chi connectivity index (χ1n) is 5.31. The van der Waals surface area contributed by atoms with E-state index in [1.807, 2.05) is 11.8 Å². The van der Waals surface area contributed by atoms with Crippen LogP contribution in [0.3, 0.4) is 0 Å². The summed E-state index contributed by atoms with van der Waals surface area (Å²) in [6, 6.07) is 1.90. The SMILES string of the molecule is O=[N+]([O-])c1cnc(NC2CCSCC2)c(Br)c1. The molecule has 0 unspecified atom stereocenters. The number of thioether (sulfide) groups is 1. The van der Waals surface area contributed by atoms with E-state index in [0.717, 1.165) is 24.3 Å². The van der Waals surface area contributed by atoms with Gasteiger partial charge in [0.2, 0.25) is 0 Å². The molecule has 1 aliphatic heterocycles. The lowest BCUT2D eigenvalue weighted by Crippen LogP contribution is -2.25. The molecule has 2 heterocycles. The summed E-state index contributed by atoms with van der Waals surface area (Å²) in [5, 5.41) is 13.9. The minimum atomic E-state index is -0.446. The Balaban J connectivity index is 2.08. The largest absolute Gasteiger partial charge is 0.366 e. The Morgan fingerprint density at radius 3 is 2.82 bits per heavy atom. The van der Waals surface area contributed by atoms with Gasteiger partial charge in [0.15, 0.2) is 0 Å². The molecule has 0 atom stereocenters. The van der Waals surface area contributed by atoms with Crippen LogP contribution in [0.15, 0.2) is 16.7 Å². The van der Waals surface area contributed by atoms with Gasteiger partial charge in [0.25, 0.3) is 5.69 Å². The molecule has 0 spiro atoms. The average molecular weight is 318 g/mol. The number of halogens is 1. The monoisotopic (exact) mass is 317 g/mol. The van der Waals surface area contributed by atoms with Crippen molar-refractivity contribution in [3.05, 3.63) is 26.9 Å². The third-order valence-electron chi connectivity index (χ3n) is 2.60. The van der Waals surface area contributed by atoms with Crippen LogP contribution >= 0.6 is 27.7 Å². The second-order valence-electron chi connectivity index (χ2n) is 3.81. The third-order valence-corrected chi connectivity index (χ3v) is 4.25. The quantitative estimate of drug-likeness (QED) is 0.685. The second kappa shape index (κ2) is 5.68. The molecule has 0 aliphatic carbocycles. The predicted molar refractivity (Wildman–Crippen MR) is 72.6 cm³/mol. The summed E-state index contributed by atoms with van der Waals surface area (Å²) < 4.78 is 0.643. The molecule has 1 aromatic rings. The first-order valence-corrected chi connectivity index (χ1v) is 7.26. The molecule has 92 valence electrons. The molecule has 1 aromatic heterocycles. The van der Waals surface area contributed by atoms with Crippen LogP contribution in [0.4, 0.5) is 11.5 Å². The Kier molecular flexibility index (Phi) is 4.22. The van der Waals surface area contributed by atoms with Gasteiger partial charge in [0, 0.05) is 12.1 Å². The standard InChI is InChI=1S/C10H12BrN3O2S/c11-9-5-8(14(15)16)6-12-10(9)13-7-1-3-17-4-2-7/h5-7H,1-4H2,(H,12,13). The Morgan fingerprint density at radius 1 is 1.53 bits per heavy atom. The lowest BCUT2D eigenvalue weighted by molar-refractivity contribution is -0.385. The van der Waals surface area contributed by atoms with Crippen molar-refractivity contribution < 1.29 is 4.92 Å². The van der Waals surface area contributed by atoms with Crippen LogP contribution in [0, 0.1) is 10.1 Å². The van der Waals surface area contributed by atoms with Gasteiger partial charge in [0.1, 0.15) is 12.0 Å². The number of hydrogen-bond donors (Lipinski definition) is 1. The van der Waals surface area contributed by atoms with Crippen molar-refractivity contribution in [1.29, 1.82) is 0 Å². The van der Waals surface area contributed by atoms with Crippen molar-refractivity contribution in [1.82, 2.24) is 4.98 Å². The van der Waals surface area contributed by atoms with E-state index in [0.29, 0.717) is 16.3 Å². The predicted octanol–water partition coefficient (Wildman–Crippen LogP) is 3.06. The third kappa shape index (κ3) is 3.32. The number of aromatic nitrogens is 1. The summed E-state index contributed by atoms with van der Waals surface area (Å²) in [6.07, 6.45) is 3.50.